The zero-order chi connectivity index (χ0) is 14.0. The molecule has 1 N–H and O–H groups in total. The van der Waals surface area contributed by atoms with Crippen molar-refractivity contribution in [2.75, 3.05) is 7.11 Å². The third kappa shape index (κ3) is 3.13. The Hall–Kier alpha value is -1.42. The molecular weight excluding hydrogens is 245 g/mol. The molecule has 0 amide bonds. The molecule has 1 saturated carbocycles. The molecule has 1 aromatic carbocycles. The van der Waals surface area contributed by atoms with E-state index in [2.05, 4.69) is 5.32 Å². The number of rotatable bonds is 4. The highest BCUT2D eigenvalue weighted by molar-refractivity contribution is 5.79. The highest BCUT2D eigenvalue weighted by atomic mass is 19.1. The Morgan fingerprint density at radius 2 is 1.89 bits per heavy atom. The topological polar surface area (TPSA) is 38.3 Å². The largest absolute Gasteiger partial charge is 0.468 e. The SMILES string of the molecule is COC(=O)C(C)(C)NC1CC(c2ccc(F)cc2)C1. The zero-order valence-corrected chi connectivity index (χ0v) is 11.6. The van der Waals surface area contributed by atoms with Gasteiger partial charge in [0.1, 0.15) is 11.4 Å². The summed E-state index contributed by atoms with van der Waals surface area (Å²) in [5, 5.41) is 3.31. The monoisotopic (exact) mass is 265 g/mol. The summed E-state index contributed by atoms with van der Waals surface area (Å²) in [5.41, 5.74) is 0.503. The third-order valence-electron chi connectivity index (χ3n) is 3.74. The first-order valence-corrected chi connectivity index (χ1v) is 6.54. The molecule has 4 heteroatoms. The molecule has 0 aliphatic heterocycles. The first kappa shape index (κ1) is 14.0. The average molecular weight is 265 g/mol. The number of esters is 1. The van der Waals surface area contributed by atoms with Gasteiger partial charge >= 0.3 is 5.97 Å². The van der Waals surface area contributed by atoms with Gasteiger partial charge < -0.3 is 4.74 Å². The summed E-state index contributed by atoms with van der Waals surface area (Å²) >= 11 is 0. The lowest BCUT2D eigenvalue weighted by Crippen LogP contribution is -2.55. The van der Waals surface area contributed by atoms with Crippen LogP contribution in [0.2, 0.25) is 0 Å². The maximum atomic E-state index is 12.8. The molecular formula is C15H20FNO2. The van der Waals surface area contributed by atoms with Gasteiger partial charge in [-0.2, -0.15) is 0 Å². The number of hydrogen-bond donors (Lipinski definition) is 1. The summed E-state index contributed by atoms with van der Waals surface area (Å²) in [5.74, 6) is -0.00569. The number of hydrogen-bond acceptors (Lipinski definition) is 3. The Labute approximate surface area is 113 Å². The van der Waals surface area contributed by atoms with Crippen LogP contribution < -0.4 is 5.32 Å². The van der Waals surface area contributed by atoms with E-state index in [-0.39, 0.29) is 11.8 Å². The van der Waals surface area contributed by atoms with Crippen molar-refractivity contribution in [3.05, 3.63) is 35.6 Å². The minimum absolute atomic E-state index is 0.204. The molecule has 0 atom stereocenters. The van der Waals surface area contributed by atoms with Gasteiger partial charge in [0, 0.05) is 6.04 Å². The van der Waals surface area contributed by atoms with Crippen molar-refractivity contribution in [3.63, 3.8) is 0 Å². The molecule has 0 unspecified atom stereocenters. The molecule has 0 radical (unpaired) electrons. The van der Waals surface area contributed by atoms with E-state index < -0.39 is 5.54 Å². The number of ether oxygens (including phenoxy) is 1. The second kappa shape index (κ2) is 5.29. The molecule has 1 fully saturated rings. The van der Waals surface area contributed by atoms with Crippen LogP contribution in [0.5, 0.6) is 0 Å². The minimum atomic E-state index is -0.660. The standard InChI is InChI=1S/C15H20FNO2/c1-15(2,14(18)19-3)17-13-8-11(9-13)10-4-6-12(16)7-5-10/h4-7,11,13,17H,8-9H2,1-3H3. The van der Waals surface area contributed by atoms with Gasteiger partial charge in [-0.3, -0.25) is 10.1 Å². The minimum Gasteiger partial charge on any atom is -0.468 e. The number of methoxy groups -OCH3 is 1. The van der Waals surface area contributed by atoms with E-state index in [9.17, 15) is 9.18 Å². The van der Waals surface area contributed by atoms with E-state index in [0.29, 0.717) is 12.0 Å². The predicted octanol–water partition coefficient (Wildman–Crippen LogP) is 2.61. The van der Waals surface area contributed by atoms with Crippen molar-refractivity contribution in [2.45, 2.75) is 44.2 Å². The normalized spacial score (nSPS) is 22.7. The second-order valence-corrected chi connectivity index (χ2v) is 5.68. The zero-order valence-electron chi connectivity index (χ0n) is 11.6. The second-order valence-electron chi connectivity index (χ2n) is 5.68. The van der Waals surface area contributed by atoms with Crippen molar-refractivity contribution in [2.24, 2.45) is 0 Å². The van der Waals surface area contributed by atoms with Crippen LogP contribution in [-0.2, 0) is 9.53 Å². The number of carbonyl (C=O) groups excluding carboxylic acids is 1. The first-order chi connectivity index (χ1) is 8.92. The Bertz CT molecular complexity index is 450. The Morgan fingerprint density at radius 1 is 1.32 bits per heavy atom. The van der Waals surface area contributed by atoms with E-state index in [1.807, 2.05) is 26.0 Å². The van der Waals surface area contributed by atoms with Gasteiger partial charge in [-0.25, -0.2) is 4.39 Å². The van der Waals surface area contributed by atoms with Crippen molar-refractivity contribution in [1.82, 2.24) is 5.32 Å². The number of benzene rings is 1. The molecule has 3 nitrogen and oxygen atoms in total. The van der Waals surface area contributed by atoms with E-state index in [0.717, 1.165) is 18.4 Å². The van der Waals surface area contributed by atoms with Crippen molar-refractivity contribution >= 4 is 5.97 Å². The third-order valence-corrected chi connectivity index (χ3v) is 3.74. The number of carbonyl (C=O) groups is 1. The molecule has 0 bridgehead atoms. The van der Waals surface area contributed by atoms with E-state index in [4.69, 9.17) is 4.74 Å². The van der Waals surface area contributed by atoms with Gasteiger partial charge in [0.2, 0.25) is 0 Å². The first-order valence-electron chi connectivity index (χ1n) is 6.54. The van der Waals surface area contributed by atoms with Crippen molar-refractivity contribution in [3.8, 4) is 0 Å². The van der Waals surface area contributed by atoms with Gasteiger partial charge in [-0.1, -0.05) is 12.1 Å². The fraction of sp³-hybridized carbons (Fsp3) is 0.533. The molecule has 2 rings (SSSR count). The van der Waals surface area contributed by atoms with Crippen LogP contribution in [0.1, 0.15) is 38.2 Å². The molecule has 1 aliphatic rings. The van der Waals surface area contributed by atoms with Crippen LogP contribution in [0.3, 0.4) is 0 Å². The predicted molar refractivity (Wildman–Crippen MR) is 71.4 cm³/mol. The molecule has 104 valence electrons. The van der Waals surface area contributed by atoms with Gasteiger partial charge in [0.05, 0.1) is 7.11 Å². The van der Waals surface area contributed by atoms with Crippen LogP contribution >= 0.6 is 0 Å². The molecule has 1 aliphatic carbocycles. The van der Waals surface area contributed by atoms with E-state index >= 15 is 0 Å². The molecule has 0 spiro atoms. The molecule has 1 aromatic rings. The van der Waals surface area contributed by atoms with E-state index in [1.54, 1.807) is 0 Å². The summed E-state index contributed by atoms with van der Waals surface area (Å²) in [6.45, 7) is 3.65. The lowest BCUT2D eigenvalue weighted by atomic mass is 9.75. The van der Waals surface area contributed by atoms with Gasteiger partial charge in [0.25, 0.3) is 0 Å². The van der Waals surface area contributed by atoms with Crippen LogP contribution in [0.25, 0.3) is 0 Å². The Morgan fingerprint density at radius 3 is 2.42 bits per heavy atom. The lowest BCUT2D eigenvalue weighted by Gasteiger charge is -2.40. The maximum absolute atomic E-state index is 12.8. The molecule has 19 heavy (non-hydrogen) atoms. The fourth-order valence-electron chi connectivity index (χ4n) is 2.57. The quantitative estimate of drug-likeness (QED) is 0.850. The summed E-state index contributed by atoms with van der Waals surface area (Å²) in [7, 11) is 1.40. The van der Waals surface area contributed by atoms with Crippen LogP contribution in [-0.4, -0.2) is 24.7 Å². The highest BCUT2D eigenvalue weighted by Crippen LogP contribution is 2.37. The summed E-state index contributed by atoms with van der Waals surface area (Å²) in [6.07, 6.45) is 1.93. The van der Waals surface area contributed by atoms with Crippen LogP contribution in [0.15, 0.2) is 24.3 Å². The molecule has 0 saturated heterocycles. The Balaban J connectivity index is 1.86. The fourth-order valence-corrected chi connectivity index (χ4v) is 2.57. The van der Waals surface area contributed by atoms with Crippen molar-refractivity contribution < 1.29 is 13.9 Å². The van der Waals surface area contributed by atoms with Gasteiger partial charge in [0.15, 0.2) is 0 Å². The summed E-state index contributed by atoms with van der Waals surface area (Å²) in [4.78, 5) is 11.6. The lowest BCUT2D eigenvalue weighted by molar-refractivity contribution is -0.147. The van der Waals surface area contributed by atoms with Crippen molar-refractivity contribution in [1.29, 1.82) is 0 Å². The molecule has 0 aromatic heterocycles. The van der Waals surface area contributed by atoms with E-state index in [1.165, 1.54) is 19.2 Å². The van der Waals surface area contributed by atoms with Crippen LogP contribution in [0, 0.1) is 5.82 Å². The summed E-state index contributed by atoms with van der Waals surface area (Å²) in [6, 6.07) is 6.97. The summed E-state index contributed by atoms with van der Waals surface area (Å²) < 4.78 is 17.6. The number of halogens is 1. The number of nitrogens with one attached hydrogen (secondary N) is 1. The smallest absolute Gasteiger partial charge is 0.325 e. The Kier molecular flexibility index (Phi) is 3.90. The van der Waals surface area contributed by atoms with Gasteiger partial charge in [-0.05, 0) is 50.3 Å². The maximum Gasteiger partial charge on any atom is 0.325 e. The van der Waals surface area contributed by atoms with Gasteiger partial charge in [-0.15, -0.1) is 0 Å². The highest BCUT2D eigenvalue weighted by Gasteiger charge is 2.37. The average Bonchev–Trinajstić information content (AvgIpc) is 2.33. The van der Waals surface area contributed by atoms with Crippen LogP contribution in [0.4, 0.5) is 4.39 Å². The molecule has 0 heterocycles.